The molecule has 0 amide bonds. The molecule has 0 fully saturated rings. The maximum atomic E-state index is 13.5. The van der Waals surface area contributed by atoms with Gasteiger partial charge in [-0.2, -0.15) is 0 Å². The quantitative estimate of drug-likeness (QED) is 0.341. The van der Waals surface area contributed by atoms with Gasteiger partial charge in [-0.05, 0) is 37.6 Å². The van der Waals surface area contributed by atoms with Crippen LogP contribution in [0.15, 0.2) is 55.1 Å². The highest BCUT2D eigenvalue weighted by Crippen LogP contribution is 2.28. The third kappa shape index (κ3) is 5.17. The van der Waals surface area contributed by atoms with Crippen LogP contribution in [0.4, 0.5) is 0 Å². The van der Waals surface area contributed by atoms with Crippen molar-refractivity contribution in [1.29, 1.82) is 0 Å². The van der Waals surface area contributed by atoms with E-state index >= 15 is 0 Å². The zero-order valence-corrected chi connectivity index (χ0v) is 20.5. The summed E-state index contributed by atoms with van der Waals surface area (Å²) in [6.45, 7) is 3.42. The third-order valence-electron chi connectivity index (χ3n) is 5.43. The highest BCUT2D eigenvalue weighted by Gasteiger charge is 2.34. The number of hydrogen-bond donors (Lipinski definition) is 0. The van der Waals surface area contributed by atoms with E-state index in [9.17, 15) is 8.42 Å². The molecule has 0 unspecified atom stereocenters. The predicted octanol–water partition coefficient (Wildman–Crippen LogP) is 2.52. The molecule has 4 aromatic heterocycles. The second kappa shape index (κ2) is 10.2. The zero-order chi connectivity index (χ0) is 25.0. The lowest BCUT2D eigenvalue weighted by molar-refractivity contribution is 0.0947. The van der Waals surface area contributed by atoms with E-state index in [1.165, 1.54) is 14.2 Å². The Morgan fingerprint density at radius 1 is 1.03 bits per heavy atom. The van der Waals surface area contributed by atoms with Crippen LogP contribution < -0.4 is 4.74 Å². The number of sulfone groups is 1. The van der Waals surface area contributed by atoms with Gasteiger partial charge in [0.1, 0.15) is 17.6 Å². The zero-order valence-electron chi connectivity index (χ0n) is 19.7. The largest absolute Gasteiger partial charge is 0.481 e. The van der Waals surface area contributed by atoms with Crippen molar-refractivity contribution in [3.05, 3.63) is 72.3 Å². The average Bonchev–Trinajstić information content (AvgIpc) is 3.29. The van der Waals surface area contributed by atoms with Gasteiger partial charge in [-0.25, -0.2) is 23.4 Å². The summed E-state index contributed by atoms with van der Waals surface area (Å²) in [5, 5.41) is 7.52. The van der Waals surface area contributed by atoms with Crippen LogP contribution in [0.1, 0.15) is 30.2 Å². The topological polar surface area (TPSA) is 135 Å². The second-order valence-corrected chi connectivity index (χ2v) is 10.2. The molecule has 0 aromatic carbocycles. The van der Waals surface area contributed by atoms with E-state index < -0.39 is 26.9 Å². The van der Waals surface area contributed by atoms with Crippen LogP contribution in [0, 0.1) is 6.92 Å². The van der Waals surface area contributed by atoms with Crippen molar-refractivity contribution >= 4 is 9.84 Å². The maximum absolute atomic E-state index is 13.5. The Labute approximate surface area is 203 Å². The Bertz CT molecular complexity index is 1390. The van der Waals surface area contributed by atoms with Gasteiger partial charge in [-0.15, -0.1) is 10.2 Å². The molecule has 4 aromatic rings. The molecule has 0 saturated carbocycles. The second-order valence-electron chi connectivity index (χ2n) is 7.84. The van der Waals surface area contributed by atoms with Crippen molar-refractivity contribution in [2.75, 3.05) is 14.2 Å². The Kier molecular flexibility index (Phi) is 7.12. The van der Waals surface area contributed by atoms with Gasteiger partial charge in [-0.3, -0.25) is 9.55 Å². The Morgan fingerprint density at radius 2 is 1.80 bits per heavy atom. The first-order valence-corrected chi connectivity index (χ1v) is 12.4. The summed E-state index contributed by atoms with van der Waals surface area (Å²) < 4.78 is 39.4. The molecule has 35 heavy (non-hydrogen) atoms. The van der Waals surface area contributed by atoms with Gasteiger partial charge in [0.05, 0.1) is 24.2 Å². The normalized spacial score (nSPS) is 13.4. The lowest BCUT2D eigenvalue weighted by Gasteiger charge is -2.21. The van der Waals surface area contributed by atoms with Crippen molar-refractivity contribution in [3.63, 3.8) is 0 Å². The number of nitrogens with zero attached hydrogens (tertiary/aromatic N) is 7. The molecular formula is C23H25N7O4S. The smallest absolute Gasteiger partial charge is 0.213 e. The number of aryl methyl sites for hydroxylation is 1. The molecule has 0 N–H and O–H groups in total. The standard InChI is InChI=1S/C23H25N7O4S/c1-15-11-25-22(26-12-15)21(34-4)16(2)35(31,32)14-19-28-29-23(18-8-5-9-20(27-18)33-3)30(19)17-7-6-10-24-13-17/h5-13,16,21H,14H2,1-4H3/t16-,21-/m0/s1. The van der Waals surface area contributed by atoms with Crippen LogP contribution in [-0.4, -0.2) is 62.6 Å². The summed E-state index contributed by atoms with van der Waals surface area (Å²) >= 11 is 0. The Balaban J connectivity index is 1.74. The molecule has 0 bridgehead atoms. The van der Waals surface area contributed by atoms with Crippen molar-refractivity contribution in [2.45, 2.75) is 31.0 Å². The van der Waals surface area contributed by atoms with Crippen molar-refractivity contribution in [2.24, 2.45) is 0 Å². The molecule has 0 radical (unpaired) electrons. The van der Waals surface area contributed by atoms with E-state index in [1.54, 1.807) is 66.6 Å². The van der Waals surface area contributed by atoms with E-state index in [1.807, 2.05) is 6.92 Å². The highest BCUT2D eigenvalue weighted by molar-refractivity contribution is 7.91. The predicted molar refractivity (Wildman–Crippen MR) is 128 cm³/mol. The van der Waals surface area contributed by atoms with Gasteiger partial charge in [0, 0.05) is 31.8 Å². The van der Waals surface area contributed by atoms with Crippen molar-refractivity contribution < 1.29 is 17.9 Å². The van der Waals surface area contributed by atoms with Crippen LogP contribution in [0.25, 0.3) is 17.2 Å². The van der Waals surface area contributed by atoms with Crippen LogP contribution in [0.2, 0.25) is 0 Å². The van der Waals surface area contributed by atoms with Gasteiger partial charge in [0.25, 0.3) is 0 Å². The van der Waals surface area contributed by atoms with Crippen LogP contribution in [-0.2, 0) is 20.3 Å². The number of ether oxygens (including phenoxy) is 2. The summed E-state index contributed by atoms with van der Waals surface area (Å²) in [5.41, 5.74) is 1.93. The first-order chi connectivity index (χ1) is 16.8. The van der Waals surface area contributed by atoms with Crippen LogP contribution in [0.5, 0.6) is 5.88 Å². The number of hydrogen-bond acceptors (Lipinski definition) is 10. The van der Waals surface area contributed by atoms with Crippen LogP contribution >= 0.6 is 0 Å². The average molecular weight is 496 g/mol. The molecule has 182 valence electrons. The van der Waals surface area contributed by atoms with E-state index in [0.717, 1.165) is 5.56 Å². The lowest BCUT2D eigenvalue weighted by atomic mass is 10.2. The molecule has 0 aliphatic heterocycles. The molecule has 11 nitrogen and oxygen atoms in total. The first-order valence-electron chi connectivity index (χ1n) is 10.7. The SMILES string of the molecule is COc1cccc(-c2nnc(CS(=O)(=O)[C@@H](C)[C@H](OC)c3ncc(C)cn3)n2-c2cccnc2)n1. The minimum absolute atomic E-state index is 0.212. The Morgan fingerprint density at radius 3 is 2.46 bits per heavy atom. The monoisotopic (exact) mass is 495 g/mol. The minimum Gasteiger partial charge on any atom is -0.481 e. The summed E-state index contributed by atoms with van der Waals surface area (Å²) in [6, 6.07) is 8.76. The van der Waals surface area contributed by atoms with Crippen LogP contribution in [0.3, 0.4) is 0 Å². The van der Waals surface area contributed by atoms with E-state index in [-0.39, 0.29) is 5.82 Å². The molecule has 12 heteroatoms. The number of pyridine rings is 2. The fourth-order valence-corrected chi connectivity index (χ4v) is 4.96. The molecule has 0 saturated heterocycles. The molecule has 0 spiro atoms. The summed E-state index contributed by atoms with van der Waals surface area (Å²) in [5.74, 6) is 0.867. The lowest BCUT2D eigenvalue weighted by Crippen LogP contribution is -2.30. The van der Waals surface area contributed by atoms with E-state index in [4.69, 9.17) is 9.47 Å². The van der Waals surface area contributed by atoms with Gasteiger partial charge in [0.2, 0.25) is 5.88 Å². The molecule has 4 rings (SSSR count). The summed E-state index contributed by atoms with van der Waals surface area (Å²) in [4.78, 5) is 17.1. The van der Waals surface area contributed by atoms with Gasteiger partial charge in [-0.1, -0.05) is 6.07 Å². The summed E-state index contributed by atoms with van der Waals surface area (Å²) in [7, 11) is -0.839. The number of aromatic nitrogens is 7. The first kappa shape index (κ1) is 24.4. The van der Waals surface area contributed by atoms with E-state index in [2.05, 4.69) is 30.1 Å². The van der Waals surface area contributed by atoms with Crippen molar-refractivity contribution in [3.8, 4) is 23.1 Å². The van der Waals surface area contributed by atoms with E-state index in [0.29, 0.717) is 28.9 Å². The fourth-order valence-electron chi connectivity index (χ4n) is 3.54. The highest BCUT2D eigenvalue weighted by atomic mass is 32.2. The number of methoxy groups -OCH3 is 2. The van der Waals surface area contributed by atoms with Gasteiger partial charge in [0.15, 0.2) is 27.3 Å². The van der Waals surface area contributed by atoms with Gasteiger partial charge >= 0.3 is 0 Å². The van der Waals surface area contributed by atoms with Gasteiger partial charge < -0.3 is 9.47 Å². The fraction of sp³-hybridized carbons (Fsp3) is 0.304. The molecular weight excluding hydrogens is 470 g/mol. The summed E-state index contributed by atoms with van der Waals surface area (Å²) in [6.07, 6.45) is 5.63. The Hall–Kier alpha value is -3.77. The van der Waals surface area contributed by atoms with Crippen molar-refractivity contribution in [1.82, 2.24) is 34.7 Å². The third-order valence-corrected chi connectivity index (χ3v) is 7.47. The molecule has 4 heterocycles. The maximum Gasteiger partial charge on any atom is 0.213 e. The molecule has 2 atom stereocenters. The molecule has 0 aliphatic carbocycles. The molecule has 0 aliphatic rings. The minimum atomic E-state index is -3.79. The number of rotatable bonds is 9.